The lowest BCUT2D eigenvalue weighted by Gasteiger charge is -2.34. The number of hydrogen-bond donors (Lipinski definition) is 1. The number of rotatable bonds is 3. The van der Waals surface area contributed by atoms with Gasteiger partial charge in [0.15, 0.2) is 0 Å². The molecule has 1 fully saturated rings. The molecule has 1 saturated heterocycles. The van der Waals surface area contributed by atoms with Gasteiger partial charge in [0.05, 0.1) is 18.8 Å². The maximum absolute atomic E-state index is 13.3. The second-order valence-electron chi connectivity index (χ2n) is 7.70. The summed E-state index contributed by atoms with van der Waals surface area (Å²) in [5, 5.41) is 13.1. The molecule has 0 aliphatic carbocycles. The quantitative estimate of drug-likeness (QED) is 0.673. The third kappa shape index (κ3) is 3.29. The number of amides is 1. The van der Waals surface area contributed by atoms with Crippen LogP contribution in [0.3, 0.4) is 0 Å². The summed E-state index contributed by atoms with van der Waals surface area (Å²) in [6.07, 6.45) is 2.46. The van der Waals surface area contributed by atoms with Crippen LogP contribution in [-0.2, 0) is 17.7 Å². The van der Waals surface area contributed by atoms with Crippen LogP contribution in [0, 0.1) is 0 Å². The van der Waals surface area contributed by atoms with Gasteiger partial charge in [-0.15, -0.1) is 0 Å². The Kier molecular flexibility index (Phi) is 4.74. The molecule has 2 atom stereocenters. The molecule has 2 unspecified atom stereocenters. The molecule has 148 valence electrons. The maximum atomic E-state index is 13.3. The Hall–Kier alpha value is -2.47. The number of fused-ring (bicyclic) bond motifs is 3. The standard InChI is InChI=1S/C23H21ClN2O3/c24-22-6-5-14(11-25-22)9-15-10-18-19(17-4-2-1-3-16(15)17)12-26(23(18)28)20-7-8-29-13-21(20)27/h1-6,10-11,20-21,27H,7-9,12-13H2. The minimum Gasteiger partial charge on any atom is -0.389 e. The van der Waals surface area contributed by atoms with Crippen LogP contribution in [0.25, 0.3) is 10.8 Å². The lowest BCUT2D eigenvalue weighted by Crippen LogP contribution is -2.49. The number of hydrogen-bond acceptors (Lipinski definition) is 4. The van der Waals surface area contributed by atoms with E-state index in [4.69, 9.17) is 16.3 Å². The van der Waals surface area contributed by atoms with E-state index in [-0.39, 0.29) is 18.6 Å². The Morgan fingerprint density at radius 1 is 1.21 bits per heavy atom. The molecule has 0 saturated carbocycles. The molecule has 0 radical (unpaired) electrons. The first-order valence-electron chi connectivity index (χ1n) is 9.82. The van der Waals surface area contributed by atoms with Gasteiger partial charge >= 0.3 is 0 Å². The Balaban J connectivity index is 1.56. The van der Waals surface area contributed by atoms with E-state index in [0.717, 1.165) is 33.0 Å². The molecule has 1 N–H and O–H groups in total. The van der Waals surface area contributed by atoms with Crippen molar-refractivity contribution in [3.63, 3.8) is 0 Å². The van der Waals surface area contributed by atoms with Gasteiger partial charge in [-0.1, -0.05) is 41.9 Å². The predicted molar refractivity (Wildman–Crippen MR) is 111 cm³/mol. The summed E-state index contributed by atoms with van der Waals surface area (Å²) < 4.78 is 5.34. The van der Waals surface area contributed by atoms with Crippen molar-refractivity contribution in [1.82, 2.24) is 9.88 Å². The van der Waals surface area contributed by atoms with Crippen molar-refractivity contribution in [2.75, 3.05) is 13.2 Å². The molecule has 2 aliphatic rings. The van der Waals surface area contributed by atoms with E-state index in [2.05, 4.69) is 17.1 Å². The Morgan fingerprint density at radius 3 is 2.79 bits per heavy atom. The van der Waals surface area contributed by atoms with Crippen LogP contribution in [0.4, 0.5) is 0 Å². The summed E-state index contributed by atoms with van der Waals surface area (Å²) in [4.78, 5) is 19.3. The molecule has 1 aromatic heterocycles. The van der Waals surface area contributed by atoms with Crippen molar-refractivity contribution in [3.8, 4) is 0 Å². The van der Waals surface area contributed by atoms with Crippen molar-refractivity contribution in [1.29, 1.82) is 0 Å². The molecular formula is C23H21ClN2O3. The van der Waals surface area contributed by atoms with Crippen LogP contribution >= 0.6 is 11.6 Å². The molecule has 1 amide bonds. The van der Waals surface area contributed by atoms with E-state index in [1.54, 1.807) is 12.3 Å². The second-order valence-corrected chi connectivity index (χ2v) is 8.09. The summed E-state index contributed by atoms with van der Waals surface area (Å²) in [6.45, 7) is 1.37. The van der Waals surface area contributed by atoms with E-state index in [0.29, 0.717) is 31.1 Å². The van der Waals surface area contributed by atoms with Crippen molar-refractivity contribution in [2.45, 2.75) is 31.5 Å². The Bertz CT molecular complexity index is 1080. The number of aliphatic hydroxyl groups is 1. The second kappa shape index (κ2) is 7.41. The van der Waals surface area contributed by atoms with Gasteiger partial charge in [0.2, 0.25) is 0 Å². The summed E-state index contributed by atoms with van der Waals surface area (Å²) in [7, 11) is 0. The molecule has 0 spiro atoms. The van der Waals surface area contributed by atoms with E-state index in [9.17, 15) is 9.90 Å². The lowest BCUT2D eigenvalue weighted by molar-refractivity contribution is -0.0571. The molecular weight excluding hydrogens is 388 g/mol. The smallest absolute Gasteiger partial charge is 0.254 e. The molecule has 29 heavy (non-hydrogen) atoms. The fourth-order valence-electron chi connectivity index (χ4n) is 4.49. The van der Waals surface area contributed by atoms with E-state index in [1.807, 2.05) is 29.2 Å². The highest BCUT2D eigenvalue weighted by Gasteiger charge is 2.38. The third-order valence-electron chi connectivity index (χ3n) is 5.94. The van der Waals surface area contributed by atoms with Gasteiger partial charge in [-0.2, -0.15) is 0 Å². The highest BCUT2D eigenvalue weighted by Crippen LogP contribution is 2.36. The molecule has 0 bridgehead atoms. The summed E-state index contributed by atoms with van der Waals surface area (Å²) >= 11 is 5.92. The van der Waals surface area contributed by atoms with Crippen molar-refractivity contribution in [2.24, 2.45) is 0 Å². The number of carbonyl (C=O) groups is 1. The third-order valence-corrected chi connectivity index (χ3v) is 6.16. The van der Waals surface area contributed by atoms with Gasteiger partial charge in [0.25, 0.3) is 5.91 Å². The number of nitrogens with zero attached hydrogens (tertiary/aromatic N) is 2. The molecule has 5 nitrogen and oxygen atoms in total. The molecule has 3 aromatic rings. The minimum absolute atomic E-state index is 0.00724. The number of benzene rings is 2. The lowest BCUT2D eigenvalue weighted by atomic mass is 9.93. The fourth-order valence-corrected chi connectivity index (χ4v) is 4.60. The Labute approximate surface area is 173 Å². The van der Waals surface area contributed by atoms with E-state index >= 15 is 0 Å². The minimum atomic E-state index is -0.645. The van der Waals surface area contributed by atoms with Crippen molar-refractivity contribution >= 4 is 28.3 Å². The zero-order valence-electron chi connectivity index (χ0n) is 15.8. The summed E-state index contributed by atoms with van der Waals surface area (Å²) in [6, 6.07) is 13.8. The average molecular weight is 409 g/mol. The number of carbonyl (C=O) groups excluding carboxylic acids is 1. The summed E-state index contributed by atoms with van der Waals surface area (Å²) in [5.41, 5.74) is 3.91. The fraction of sp³-hybridized carbons (Fsp3) is 0.304. The van der Waals surface area contributed by atoms with Crippen molar-refractivity contribution in [3.05, 3.63) is 76.1 Å². The van der Waals surface area contributed by atoms with Gasteiger partial charge < -0.3 is 14.7 Å². The first kappa shape index (κ1) is 18.6. The van der Waals surface area contributed by atoms with Gasteiger partial charge in [-0.3, -0.25) is 4.79 Å². The van der Waals surface area contributed by atoms with Crippen LogP contribution in [-0.4, -0.2) is 46.3 Å². The molecule has 3 heterocycles. The topological polar surface area (TPSA) is 62.7 Å². The van der Waals surface area contributed by atoms with Gasteiger partial charge in [0.1, 0.15) is 5.15 Å². The molecule has 2 aliphatic heterocycles. The van der Waals surface area contributed by atoms with Gasteiger partial charge in [-0.05, 0) is 52.4 Å². The van der Waals surface area contributed by atoms with Crippen LogP contribution in [0.2, 0.25) is 5.15 Å². The van der Waals surface area contributed by atoms with E-state index < -0.39 is 6.10 Å². The molecule has 5 rings (SSSR count). The monoisotopic (exact) mass is 408 g/mol. The molecule has 6 heteroatoms. The highest BCUT2D eigenvalue weighted by molar-refractivity contribution is 6.29. The largest absolute Gasteiger partial charge is 0.389 e. The molecule has 2 aromatic carbocycles. The number of ether oxygens (including phenoxy) is 1. The number of halogens is 1. The normalized spacial score (nSPS) is 21.6. The average Bonchev–Trinajstić information content (AvgIpc) is 3.07. The SMILES string of the molecule is O=C1c2cc(Cc3ccc(Cl)nc3)c3ccccc3c2CN1C1CCOCC1O. The Morgan fingerprint density at radius 2 is 2.03 bits per heavy atom. The number of pyridine rings is 1. The van der Waals surface area contributed by atoms with Crippen LogP contribution in [0.1, 0.15) is 33.5 Å². The van der Waals surface area contributed by atoms with Gasteiger partial charge in [0, 0.05) is 24.9 Å². The zero-order valence-corrected chi connectivity index (χ0v) is 16.6. The zero-order chi connectivity index (χ0) is 20.0. The van der Waals surface area contributed by atoms with Crippen LogP contribution in [0.15, 0.2) is 48.7 Å². The first-order valence-corrected chi connectivity index (χ1v) is 10.2. The van der Waals surface area contributed by atoms with Crippen molar-refractivity contribution < 1.29 is 14.6 Å². The predicted octanol–water partition coefficient (Wildman–Crippen LogP) is 3.58. The maximum Gasteiger partial charge on any atom is 0.254 e. The van der Waals surface area contributed by atoms with E-state index in [1.165, 1.54) is 0 Å². The van der Waals surface area contributed by atoms with Crippen LogP contribution in [0.5, 0.6) is 0 Å². The van der Waals surface area contributed by atoms with Crippen LogP contribution < -0.4 is 0 Å². The van der Waals surface area contributed by atoms with Gasteiger partial charge in [-0.25, -0.2) is 4.98 Å². The first-order chi connectivity index (χ1) is 14.1. The number of aromatic nitrogens is 1. The summed E-state index contributed by atoms with van der Waals surface area (Å²) in [5.74, 6) is -0.00724. The number of aliphatic hydroxyl groups excluding tert-OH is 1. The highest BCUT2D eigenvalue weighted by atomic mass is 35.5.